The maximum absolute atomic E-state index is 13.6. The van der Waals surface area contributed by atoms with Gasteiger partial charge in [-0.25, -0.2) is 9.82 Å². The van der Waals surface area contributed by atoms with E-state index in [0.29, 0.717) is 5.76 Å². The van der Waals surface area contributed by atoms with Crippen LogP contribution < -0.4 is 11.3 Å². The molecular weight excluding hydrogens is 247 g/mol. The standard InChI is InChI=1S/C14H17FN2O2/c15-10-5-3-4-9-8-12(19-14(9)10)13(17-16)11-6-1-2-7-18-11/h3-5,8,11,13,17H,1-2,6-7,16H2. The number of para-hydroxylation sites is 1. The van der Waals surface area contributed by atoms with Crippen molar-refractivity contribution >= 4 is 11.0 Å². The molecule has 1 saturated heterocycles. The Morgan fingerprint density at radius 1 is 1.37 bits per heavy atom. The molecule has 0 saturated carbocycles. The zero-order chi connectivity index (χ0) is 13.2. The number of hydrogen-bond acceptors (Lipinski definition) is 4. The summed E-state index contributed by atoms with van der Waals surface area (Å²) in [5, 5.41) is 0.742. The molecule has 0 amide bonds. The molecule has 4 nitrogen and oxygen atoms in total. The van der Waals surface area contributed by atoms with Crippen LogP contribution in [-0.2, 0) is 4.74 Å². The van der Waals surface area contributed by atoms with Crippen LogP contribution >= 0.6 is 0 Å². The average Bonchev–Trinajstić information content (AvgIpc) is 2.86. The summed E-state index contributed by atoms with van der Waals surface area (Å²) in [5.74, 6) is 5.87. The van der Waals surface area contributed by atoms with Gasteiger partial charge in [0.15, 0.2) is 11.4 Å². The van der Waals surface area contributed by atoms with Crippen molar-refractivity contribution in [1.82, 2.24) is 5.43 Å². The van der Waals surface area contributed by atoms with Crippen LogP contribution in [0.3, 0.4) is 0 Å². The lowest BCUT2D eigenvalue weighted by molar-refractivity contribution is -0.0123. The van der Waals surface area contributed by atoms with Gasteiger partial charge in [0.1, 0.15) is 11.8 Å². The van der Waals surface area contributed by atoms with Crippen molar-refractivity contribution in [3.8, 4) is 0 Å². The quantitative estimate of drug-likeness (QED) is 0.661. The summed E-state index contributed by atoms with van der Waals surface area (Å²) in [6, 6.07) is 6.45. The molecule has 1 fully saturated rings. The number of hydrazine groups is 1. The summed E-state index contributed by atoms with van der Waals surface area (Å²) < 4.78 is 25.0. The first-order valence-corrected chi connectivity index (χ1v) is 6.55. The zero-order valence-electron chi connectivity index (χ0n) is 10.6. The van der Waals surface area contributed by atoms with Gasteiger partial charge in [0.2, 0.25) is 0 Å². The zero-order valence-corrected chi connectivity index (χ0v) is 10.6. The largest absolute Gasteiger partial charge is 0.456 e. The molecule has 2 unspecified atom stereocenters. The molecule has 3 N–H and O–H groups in total. The molecule has 19 heavy (non-hydrogen) atoms. The molecule has 2 atom stereocenters. The number of nitrogens with two attached hydrogens (primary N) is 1. The van der Waals surface area contributed by atoms with Gasteiger partial charge in [-0.3, -0.25) is 5.84 Å². The third-order valence-corrected chi connectivity index (χ3v) is 3.59. The van der Waals surface area contributed by atoms with Crippen molar-refractivity contribution in [2.75, 3.05) is 6.61 Å². The lowest BCUT2D eigenvalue weighted by Crippen LogP contribution is -2.39. The molecule has 2 aromatic rings. The first-order valence-electron chi connectivity index (χ1n) is 6.55. The average molecular weight is 264 g/mol. The topological polar surface area (TPSA) is 60.4 Å². The normalized spacial score (nSPS) is 21.7. The Labute approximate surface area is 110 Å². The smallest absolute Gasteiger partial charge is 0.169 e. The SMILES string of the molecule is NNC(c1cc2cccc(F)c2o1)C1CCCCO1. The van der Waals surface area contributed by atoms with Crippen molar-refractivity contribution in [3.05, 3.63) is 35.8 Å². The second-order valence-corrected chi connectivity index (χ2v) is 4.86. The number of hydrogen-bond donors (Lipinski definition) is 2. The highest BCUT2D eigenvalue weighted by atomic mass is 19.1. The predicted molar refractivity (Wildman–Crippen MR) is 69.8 cm³/mol. The van der Waals surface area contributed by atoms with Crippen LogP contribution in [0, 0.1) is 5.82 Å². The van der Waals surface area contributed by atoms with Crippen molar-refractivity contribution in [2.45, 2.75) is 31.4 Å². The number of fused-ring (bicyclic) bond motifs is 1. The number of nitrogens with one attached hydrogen (secondary N) is 1. The first kappa shape index (κ1) is 12.6. The van der Waals surface area contributed by atoms with E-state index in [1.807, 2.05) is 12.1 Å². The van der Waals surface area contributed by atoms with E-state index < -0.39 is 0 Å². The fourth-order valence-electron chi connectivity index (χ4n) is 2.60. The van der Waals surface area contributed by atoms with Crippen molar-refractivity contribution in [3.63, 3.8) is 0 Å². The molecule has 1 aromatic heterocycles. The lowest BCUT2D eigenvalue weighted by Gasteiger charge is -2.28. The van der Waals surface area contributed by atoms with Crippen molar-refractivity contribution < 1.29 is 13.5 Å². The van der Waals surface area contributed by atoms with Gasteiger partial charge in [0.05, 0.1) is 6.10 Å². The van der Waals surface area contributed by atoms with E-state index >= 15 is 0 Å². The van der Waals surface area contributed by atoms with E-state index in [0.717, 1.165) is 31.3 Å². The van der Waals surface area contributed by atoms with E-state index in [1.165, 1.54) is 6.07 Å². The highest BCUT2D eigenvalue weighted by molar-refractivity contribution is 5.78. The number of halogens is 1. The Hall–Kier alpha value is -1.43. The Balaban J connectivity index is 1.94. The molecule has 0 radical (unpaired) electrons. The molecule has 102 valence electrons. The molecule has 3 rings (SSSR count). The van der Waals surface area contributed by atoms with Crippen LogP contribution in [0.25, 0.3) is 11.0 Å². The molecule has 0 bridgehead atoms. The molecule has 1 aliphatic heterocycles. The van der Waals surface area contributed by atoms with Gasteiger partial charge in [-0.15, -0.1) is 0 Å². The second kappa shape index (κ2) is 5.28. The molecule has 5 heteroatoms. The van der Waals surface area contributed by atoms with E-state index in [-0.39, 0.29) is 23.5 Å². The fourth-order valence-corrected chi connectivity index (χ4v) is 2.60. The second-order valence-electron chi connectivity index (χ2n) is 4.86. The van der Waals surface area contributed by atoms with Gasteiger partial charge >= 0.3 is 0 Å². The Kier molecular flexibility index (Phi) is 3.50. The number of benzene rings is 1. The number of rotatable bonds is 3. The van der Waals surface area contributed by atoms with Gasteiger partial charge in [0, 0.05) is 12.0 Å². The molecule has 1 aliphatic rings. The predicted octanol–water partition coefficient (Wildman–Crippen LogP) is 2.65. The summed E-state index contributed by atoms with van der Waals surface area (Å²) in [6.45, 7) is 0.734. The number of furan rings is 1. The molecular formula is C14H17FN2O2. The summed E-state index contributed by atoms with van der Waals surface area (Å²) in [4.78, 5) is 0. The first-order chi connectivity index (χ1) is 9.29. The number of ether oxygens (including phenoxy) is 1. The van der Waals surface area contributed by atoms with E-state index in [4.69, 9.17) is 15.0 Å². The van der Waals surface area contributed by atoms with Crippen LogP contribution in [0.2, 0.25) is 0 Å². The van der Waals surface area contributed by atoms with Gasteiger partial charge < -0.3 is 9.15 Å². The summed E-state index contributed by atoms with van der Waals surface area (Å²) in [5.41, 5.74) is 3.00. The summed E-state index contributed by atoms with van der Waals surface area (Å²) in [7, 11) is 0. The van der Waals surface area contributed by atoms with Gasteiger partial charge in [0.25, 0.3) is 0 Å². The van der Waals surface area contributed by atoms with E-state index in [2.05, 4.69) is 5.43 Å². The minimum absolute atomic E-state index is 0.0256. The Bertz CT molecular complexity index is 564. The molecule has 0 spiro atoms. The fraction of sp³-hybridized carbons (Fsp3) is 0.429. The highest BCUT2D eigenvalue weighted by Crippen LogP contribution is 2.31. The molecule has 0 aliphatic carbocycles. The maximum atomic E-state index is 13.6. The van der Waals surface area contributed by atoms with Crippen LogP contribution in [0.15, 0.2) is 28.7 Å². The van der Waals surface area contributed by atoms with Crippen LogP contribution in [0.5, 0.6) is 0 Å². The summed E-state index contributed by atoms with van der Waals surface area (Å²) in [6.07, 6.45) is 3.08. The van der Waals surface area contributed by atoms with Gasteiger partial charge in [-0.2, -0.15) is 0 Å². The van der Waals surface area contributed by atoms with Gasteiger partial charge in [-0.05, 0) is 31.4 Å². The molecule has 1 aromatic carbocycles. The van der Waals surface area contributed by atoms with E-state index in [9.17, 15) is 4.39 Å². The monoisotopic (exact) mass is 264 g/mol. The Morgan fingerprint density at radius 3 is 2.95 bits per heavy atom. The third kappa shape index (κ3) is 2.36. The third-order valence-electron chi connectivity index (χ3n) is 3.59. The maximum Gasteiger partial charge on any atom is 0.169 e. The van der Waals surface area contributed by atoms with Crippen LogP contribution in [-0.4, -0.2) is 12.7 Å². The minimum atomic E-state index is -0.357. The lowest BCUT2D eigenvalue weighted by atomic mass is 10.0. The molecule has 2 heterocycles. The van der Waals surface area contributed by atoms with Crippen molar-refractivity contribution in [1.29, 1.82) is 0 Å². The van der Waals surface area contributed by atoms with Crippen LogP contribution in [0.1, 0.15) is 31.1 Å². The van der Waals surface area contributed by atoms with Crippen LogP contribution in [0.4, 0.5) is 4.39 Å². The van der Waals surface area contributed by atoms with E-state index in [1.54, 1.807) is 6.07 Å². The van der Waals surface area contributed by atoms with Gasteiger partial charge in [-0.1, -0.05) is 12.1 Å². The highest BCUT2D eigenvalue weighted by Gasteiger charge is 2.28. The Morgan fingerprint density at radius 2 is 2.26 bits per heavy atom. The minimum Gasteiger partial charge on any atom is -0.456 e. The summed E-state index contributed by atoms with van der Waals surface area (Å²) >= 11 is 0. The van der Waals surface area contributed by atoms with Crippen molar-refractivity contribution in [2.24, 2.45) is 5.84 Å².